The molecule has 0 spiro atoms. The van der Waals surface area contributed by atoms with Crippen LogP contribution in [0.5, 0.6) is 0 Å². The van der Waals surface area contributed by atoms with Crippen LogP contribution < -0.4 is 16.5 Å². The molecule has 1 aromatic rings. The Morgan fingerprint density at radius 3 is 3.00 bits per heavy atom. The molecule has 0 fully saturated rings. The monoisotopic (exact) mass is 239 g/mol. The number of hydrogen-bond acceptors (Lipinski definition) is 4. The standard InChI is InChI=1S/C11H17N3O3/c1-2-17-7-3-5-14-11(16)9-8(15)4-6-13-10(9)12/h4,6H,2-3,5,7H2,1H3,(H,14,16)(H3,12,13,15). The Morgan fingerprint density at radius 2 is 2.35 bits per heavy atom. The maximum absolute atomic E-state index is 11.7. The van der Waals surface area contributed by atoms with Crippen molar-refractivity contribution in [2.24, 2.45) is 0 Å². The lowest BCUT2D eigenvalue weighted by Gasteiger charge is -2.06. The van der Waals surface area contributed by atoms with E-state index in [9.17, 15) is 9.59 Å². The second kappa shape index (κ2) is 6.70. The predicted octanol–water partition coefficient (Wildman–Crippen LogP) is 0.114. The van der Waals surface area contributed by atoms with Gasteiger partial charge in [-0.05, 0) is 13.3 Å². The first-order valence-corrected chi connectivity index (χ1v) is 5.50. The van der Waals surface area contributed by atoms with Crippen molar-refractivity contribution in [3.63, 3.8) is 0 Å². The molecule has 1 rings (SSSR count). The fourth-order valence-electron chi connectivity index (χ4n) is 1.34. The van der Waals surface area contributed by atoms with E-state index in [2.05, 4.69) is 10.3 Å². The summed E-state index contributed by atoms with van der Waals surface area (Å²) in [4.78, 5) is 25.7. The van der Waals surface area contributed by atoms with Crippen molar-refractivity contribution in [2.75, 3.05) is 25.5 Å². The summed E-state index contributed by atoms with van der Waals surface area (Å²) < 4.78 is 5.12. The number of aromatic nitrogens is 1. The molecule has 0 unspecified atom stereocenters. The summed E-state index contributed by atoms with van der Waals surface area (Å²) in [6, 6.07) is 1.27. The highest BCUT2D eigenvalue weighted by Gasteiger charge is 2.12. The third kappa shape index (κ3) is 3.92. The molecule has 0 aromatic carbocycles. The molecule has 0 aliphatic heterocycles. The van der Waals surface area contributed by atoms with E-state index in [1.54, 1.807) is 0 Å². The van der Waals surface area contributed by atoms with Crippen LogP contribution in [-0.4, -0.2) is 30.6 Å². The molecular formula is C11H17N3O3. The van der Waals surface area contributed by atoms with Crippen LogP contribution in [0.3, 0.4) is 0 Å². The SMILES string of the molecule is CCOCCCNC(=O)c1c(N)[nH]ccc1=O. The van der Waals surface area contributed by atoms with Gasteiger partial charge < -0.3 is 20.8 Å². The first kappa shape index (κ1) is 13.2. The summed E-state index contributed by atoms with van der Waals surface area (Å²) in [6.45, 7) is 3.59. The average molecular weight is 239 g/mol. The number of hydrogen-bond donors (Lipinski definition) is 3. The van der Waals surface area contributed by atoms with Gasteiger partial charge in [-0.25, -0.2) is 0 Å². The molecule has 17 heavy (non-hydrogen) atoms. The molecule has 4 N–H and O–H groups in total. The van der Waals surface area contributed by atoms with E-state index in [1.807, 2.05) is 6.92 Å². The highest BCUT2D eigenvalue weighted by Crippen LogP contribution is 2.00. The number of nitrogens with one attached hydrogen (secondary N) is 2. The van der Waals surface area contributed by atoms with Crippen LogP contribution in [0.15, 0.2) is 17.1 Å². The minimum absolute atomic E-state index is 0.0380. The van der Waals surface area contributed by atoms with E-state index in [0.717, 1.165) is 0 Å². The molecule has 6 heteroatoms. The van der Waals surface area contributed by atoms with Gasteiger partial charge in [0.1, 0.15) is 11.4 Å². The van der Waals surface area contributed by atoms with E-state index < -0.39 is 5.91 Å². The van der Waals surface area contributed by atoms with Gasteiger partial charge in [0.05, 0.1) is 0 Å². The summed E-state index contributed by atoms with van der Waals surface area (Å²) >= 11 is 0. The van der Waals surface area contributed by atoms with E-state index in [1.165, 1.54) is 12.3 Å². The largest absolute Gasteiger partial charge is 0.384 e. The molecule has 94 valence electrons. The maximum atomic E-state index is 11.7. The van der Waals surface area contributed by atoms with E-state index in [4.69, 9.17) is 10.5 Å². The van der Waals surface area contributed by atoms with Crippen molar-refractivity contribution in [1.82, 2.24) is 10.3 Å². The zero-order valence-electron chi connectivity index (χ0n) is 9.79. The zero-order valence-corrected chi connectivity index (χ0v) is 9.79. The highest BCUT2D eigenvalue weighted by molar-refractivity contribution is 5.98. The van der Waals surface area contributed by atoms with Crippen LogP contribution in [0.2, 0.25) is 0 Å². The van der Waals surface area contributed by atoms with Crippen molar-refractivity contribution in [2.45, 2.75) is 13.3 Å². The quantitative estimate of drug-likeness (QED) is 0.614. The Morgan fingerprint density at radius 1 is 1.59 bits per heavy atom. The molecule has 0 bridgehead atoms. The predicted molar refractivity (Wildman–Crippen MR) is 64.9 cm³/mol. The summed E-state index contributed by atoms with van der Waals surface area (Å²) in [5.74, 6) is -0.374. The van der Waals surface area contributed by atoms with Crippen LogP contribution in [0.25, 0.3) is 0 Å². The Kier molecular flexibility index (Phi) is 5.22. The van der Waals surface area contributed by atoms with Gasteiger partial charge in [0.2, 0.25) is 0 Å². The average Bonchev–Trinajstić information content (AvgIpc) is 2.28. The Bertz CT molecular complexity index is 428. The molecule has 1 aromatic heterocycles. The number of H-pyrrole nitrogens is 1. The third-order valence-electron chi connectivity index (χ3n) is 2.17. The molecule has 1 heterocycles. The minimum atomic E-state index is -0.458. The number of rotatable bonds is 6. The van der Waals surface area contributed by atoms with Crippen LogP contribution in [0, 0.1) is 0 Å². The number of anilines is 1. The van der Waals surface area contributed by atoms with Crippen LogP contribution >= 0.6 is 0 Å². The van der Waals surface area contributed by atoms with Gasteiger partial charge in [0, 0.05) is 32.0 Å². The number of pyridine rings is 1. The summed E-state index contributed by atoms with van der Waals surface area (Å²) in [5, 5.41) is 2.62. The van der Waals surface area contributed by atoms with Crippen LogP contribution in [0.1, 0.15) is 23.7 Å². The number of amides is 1. The lowest BCUT2D eigenvalue weighted by atomic mass is 10.2. The van der Waals surface area contributed by atoms with Crippen LogP contribution in [0.4, 0.5) is 5.82 Å². The van der Waals surface area contributed by atoms with Crippen molar-refractivity contribution in [1.29, 1.82) is 0 Å². The minimum Gasteiger partial charge on any atom is -0.384 e. The van der Waals surface area contributed by atoms with Crippen molar-refractivity contribution in [3.8, 4) is 0 Å². The zero-order chi connectivity index (χ0) is 12.7. The summed E-state index contributed by atoms with van der Waals surface area (Å²) in [7, 11) is 0. The van der Waals surface area contributed by atoms with Crippen molar-refractivity contribution >= 4 is 11.7 Å². The topological polar surface area (TPSA) is 97.2 Å². The van der Waals surface area contributed by atoms with Gasteiger partial charge in [-0.2, -0.15) is 0 Å². The van der Waals surface area contributed by atoms with Crippen molar-refractivity contribution < 1.29 is 9.53 Å². The summed E-state index contributed by atoms with van der Waals surface area (Å²) in [6.07, 6.45) is 2.10. The number of ether oxygens (including phenoxy) is 1. The maximum Gasteiger partial charge on any atom is 0.258 e. The second-order valence-electron chi connectivity index (χ2n) is 3.44. The van der Waals surface area contributed by atoms with Crippen molar-refractivity contribution in [3.05, 3.63) is 28.0 Å². The fourth-order valence-corrected chi connectivity index (χ4v) is 1.34. The van der Waals surface area contributed by atoms with Gasteiger partial charge in [-0.15, -0.1) is 0 Å². The van der Waals surface area contributed by atoms with E-state index in [-0.39, 0.29) is 16.8 Å². The Hall–Kier alpha value is -1.82. The molecule has 0 saturated heterocycles. The molecule has 0 aliphatic rings. The van der Waals surface area contributed by atoms with Crippen LogP contribution in [-0.2, 0) is 4.74 Å². The second-order valence-corrected chi connectivity index (χ2v) is 3.44. The number of aromatic amines is 1. The Balaban J connectivity index is 2.50. The fraction of sp³-hybridized carbons (Fsp3) is 0.455. The first-order valence-electron chi connectivity index (χ1n) is 5.50. The number of carbonyl (C=O) groups excluding carboxylic acids is 1. The van der Waals surface area contributed by atoms with E-state index >= 15 is 0 Å². The molecule has 0 saturated carbocycles. The number of nitrogen functional groups attached to an aromatic ring is 1. The number of nitrogens with two attached hydrogens (primary N) is 1. The normalized spacial score (nSPS) is 10.2. The van der Waals surface area contributed by atoms with E-state index in [0.29, 0.717) is 26.2 Å². The van der Waals surface area contributed by atoms with Gasteiger partial charge in [-0.1, -0.05) is 0 Å². The third-order valence-corrected chi connectivity index (χ3v) is 2.17. The van der Waals surface area contributed by atoms with Gasteiger partial charge in [0.25, 0.3) is 5.91 Å². The highest BCUT2D eigenvalue weighted by atomic mass is 16.5. The molecule has 0 aliphatic carbocycles. The molecular weight excluding hydrogens is 222 g/mol. The smallest absolute Gasteiger partial charge is 0.258 e. The Labute approximate surface area is 99.2 Å². The lowest BCUT2D eigenvalue weighted by Crippen LogP contribution is -2.31. The van der Waals surface area contributed by atoms with Gasteiger partial charge in [0.15, 0.2) is 5.43 Å². The number of carbonyl (C=O) groups is 1. The molecule has 0 atom stereocenters. The first-order chi connectivity index (χ1) is 8.16. The molecule has 6 nitrogen and oxygen atoms in total. The van der Waals surface area contributed by atoms with Gasteiger partial charge >= 0.3 is 0 Å². The lowest BCUT2D eigenvalue weighted by molar-refractivity contribution is 0.0944. The molecule has 1 amide bonds. The molecule has 0 radical (unpaired) electrons. The summed E-state index contributed by atoms with van der Waals surface area (Å²) in [5.41, 5.74) is 5.11. The van der Waals surface area contributed by atoms with Gasteiger partial charge in [-0.3, -0.25) is 9.59 Å².